The Kier molecular flexibility index (Phi) is 2.25. The minimum Gasteiger partial charge on any atom is -0.325 e. The van der Waals surface area contributed by atoms with Gasteiger partial charge in [0.1, 0.15) is 0 Å². The lowest BCUT2D eigenvalue weighted by molar-refractivity contribution is 0.510. The normalized spacial score (nSPS) is 11.5. The Morgan fingerprint density at radius 3 is 2.64 bits per heavy atom. The third-order valence-electron chi connectivity index (χ3n) is 1.36. The van der Waals surface area contributed by atoms with Gasteiger partial charge in [0.15, 0.2) is 0 Å². The van der Waals surface area contributed by atoms with E-state index in [1.54, 1.807) is 6.20 Å². The van der Waals surface area contributed by atoms with E-state index in [0.29, 0.717) is 0 Å². The minimum absolute atomic E-state index is 0.158. The summed E-state index contributed by atoms with van der Waals surface area (Å²) in [6.07, 6.45) is 2.62. The zero-order valence-corrected chi connectivity index (χ0v) is 7.04. The Morgan fingerprint density at radius 1 is 1.45 bits per heavy atom. The van der Waals surface area contributed by atoms with Crippen LogP contribution in [0.4, 0.5) is 0 Å². The largest absolute Gasteiger partial charge is 0.325 e. The van der Waals surface area contributed by atoms with Crippen molar-refractivity contribution in [1.29, 1.82) is 0 Å². The number of nitrogens with zero attached hydrogens (tertiary/aromatic N) is 1. The van der Waals surface area contributed by atoms with Crippen LogP contribution in [0.3, 0.4) is 0 Å². The van der Waals surface area contributed by atoms with E-state index in [1.807, 2.05) is 32.0 Å². The van der Waals surface area contributed by atoms with Crippen LogP contribution < -0.4 is 5.73 Å². The molecule has 1 aromatic rings. The molecular formula is C9H14N2. The summed E-state index contributed by atoms with van der Waals surface area (Å²) in [7, 11) is 0. The molecular weight excluding hydrogens is 136 g/mol. The number of rotatable bonds is 2. The Balaban J connectivity index is 2.66. The zero-order valence-electron chi connectivity index (χ0n) is 7.04. The molecule has 0 unspecified atom stereocenters. The van der Waals surface area contributed by atoms with Gasteiger partial charge in [0.25, 0.3) is 0 Å². The molecule has 0 aliphatic carbocycles. The molecule has 0 aromatic carbocycles. The van der Waals surface area contributed by atoms with Crippen molar-refractivity contribution in [2.45, 2.75) is 25.8 Å². The molecule has 0 spiro atoms. The SMILES string of the molecule is CC(C)(N)Cc1ccccn1. The number of aromatic nitrogens is 1. The third-order valence-corrected chi connectivity index (χ3v) is 1.36. The van der Waals surface area contributed by atoms with Crippen LogP contribution in [-0.2, 0) is 6.42 Å². The van der Waals surface area contributed by atoms with Gasteiger partial charge >= 0.3 is 0 Å². The first-order valence-electron chi connectivity index (χ1n) is 3.77. The first-order valence-corrected chi connectivity index (χ1v) is 3.77. The van der Waals surface area contributed by atoms with Crippen LogP contribution in [0.2, 0.25) is 0 Å². The average Bonchev–Trinajstić information content (AvgIpc) is 1.85. The van der Waals surface area contributed by atoms with Gasteiger partial charge in [-0.2, -0.15) is 0 Å². The first-order chi connectivity index (χ1) is 5.08. The quantitative estimate of drug-likeness (QED) is 0.691. The van der Waals surface area contributed by atoms with Gasteiger partial charge in [0, 0.05) is 23.9 Å². The fourth-order valence-electron chi connectivity index (χ4n) is 0.970. The molecule has 1 heterocycles. The highest BCUT2D eigenvalue weighted by Crippen LogP contribution is 2.05. The lowest BCUT2D eigenvalue weighted by Crippen LogP contribution is -2.34. The molecule has 2 N–H and O–H groups in total. The number of pyridine rings is 1. The highest BCUT2D eigenvalue weighted by atomic mass is 14.7. The molecule has 0 atom stereocenters. The molecule has 2 heteroatoms. The Labute approximate surface area is 67.5 Å². The van der Waals surface area contributed by atoms with E-state index in [0.717, 1.165) is 12.1 Å². The van der Waals surface area contributed by atoms with Gasteiger partial charge in [-0.05, 0) is 26.0 Å². The maximum absolute atomic E-state index is 5.83. The Morgan fingerprint density at radius 2 is 2.18 bits per heavy atom. The molecule has 0 amide bonds. The molecule has 60 valence electrons. The van der Waals surface area contributed by atoms with E-state index in [2.05, 4.69) is 4.98 Å². The number of nitrogens with two attached hydrogens (primary N) is 1. The highest BCUT2D eigenvalue weighted by molar-refractivity contribution is 5.06. The van der Waals surface area contributed by atoms with E-state index < -0.39 is 0 Å². The van der Waals surface area contributed by atoms with Gasteiger partial charge in [-0.1, -0.05) is 6.07 Å². The fraction of sp³-hybridized carbons (Fsp3) is 0.444. The van der Waals surface area contributed by atoms with Crippen molar-refractivity contribution in [2.24, 2.45) is 5.73 Å². The second-order valence-corrected chi connectivity index (χ2v) is 3.49. The molecule has 1 rings (SSSR count). The molecule has 0 fully saturated rings. The molecule has 11 heavy (non-hydrogen) atoms. The van der Waals surface area contributed by atoms with E-state index in [4.69, 9.17) is 5.73 Å². The maximum Gasteiger partial charge on any atom is 0.0421 e. The van der Waals surface area contributed by atoms with E-state index >= 15 is 0 Å². The van der Waals surface area contributed by atoms with Crippen molar-refractivity contribution in [3.8, 4) is 0 Å². The average molecular weight is 150 g/mol. The van der Waals surface area contributed by atoms with Gasteiger partial charge in [-0.25, -0.2) is 0 Å². The molecule has 0 aliphatic heterocycles. The summed E-state index contributed by atoms with van der Waals surface area (Å²) in [6.45, 7) is 4.00. The number of hydrogen-bond donors (Lipinski definition) is 1. The van der Waals surface area contributed by atoms with E-state index in [1.165, 1.54) is 0 Å². The van der Waals surface area contributed by atoms with Crippen molar-refractivity contribution in [2.75, 3.05) is 0 Å². The summed E-state index contributed by atoms with van der Waals surface area (Å²) >= 11 is 0. The lowest BCUT2D eigenvalue weighted by Gasteiger charge is -2.16. The molecule has 0 radical (unpaired) electrons. The lowest BCUT2D eigenvalue weighted by atomic mass is 10.00. The van der Waals surface area contributed by atoms with Gasteiger partial charge in [-0.15, -0.1) is 0 Å². The standard InChI is InChI=1S/C9H14N2/c1-9(2,10)7-8-5-3-4-6-11-8/h3-6H,7,10H2,1-2H3. The molecule has 0 saturated carbocycles. The summed E-state index contributed by atoms with van der Waals surface area (Å²) in [5.41, 5.74) is 6.72. The summed E-state index contributed by atoms with van der Waals surface area (Å²) in [5.74, 6) is 0. The third kappa shape index (κ3) is 3.14. The molecule has 0 bridgehead atoms. The predicted molar refractivity (Wildman–Crippen MR) is 46.2 cm³/mol. The number of hydrogen-bond acceptors (Lipinski definition) is 2. The topological polar surface area (TPSA) is 38.9 Å². The van der Waals surface area contributed by atoms with E-state index in [9.17, 15) is 0 Å². The fourth-order valence-corrected chi connectivity index (χ4v) is 0.970. The van der Waals surface area contributed by atoms with Crippen LogP contribution in [0.5, 0.6) is 0 Å². The Bertz CT molecular complexity index is 211. The van der Waals surface area contributed by atoms with Crippen molar-refractivity contribution in [3.05, 3.63) is 30.1 Å². The van der Waals surface area contributed by atoms with Gasteiger partial charge in [-0.3, -0.25) is 4.98 Å². The summed E-state index contributed by atoms with van der Waals surface area (Å²) < 4.78 is 0. The van der Waals surface area contributed by atoms with Crippen molar-refractivity contribution >= 4 is 0 Å². The zero-order chi connectivity index (χ0) is 8.32. The highest BCUT2D eigenvalue weighted by Gasteiger charge is 2.11. The van der Waals surface area contributed by atoms with Crippen molar-refractivity contribution in [1.82, 2.24) is 4.98 Å². The first kappa shape index (κ1) is 8.21. The smallest absolute Gasteiger partial charge is 0.0421 e. The van der Waals surface area contributed by atoms with Crippen LogP contribution in [0, 0.1) is 0 Å². The van der Waals surface area contributed by atoms with Crippen molar-refractivity contribution < 1.29 is 0 Å². The van der Waals surface area contributed by atoms with Crippen molar-refractivity contribution in [3.63, 3.8) is 0 Å². The van der Waals surface area contributed by atoms with Gasteiger partial charge in [0.05, 0.1) is 0 Å². The molecule has 1 aromatic heterocycles. The second-order valence-electron chi connectivity index (χ2n) is 3.49. The summed E-state index contributed by atoms with van der Waals surface area (Å²) in [5, 5.41) is 0. The maximum atomic E-state index is 5.83. The van der Waals surface area contributed by atoms with Crippen LogP contribution in [0.1, 0.15) is 19.5 Å². The van der Waals surface area contributed by atoms with E-state index in [-0.39, 0.29) is 5.54 Å². The molecule has 0 aliphatic rings. The predicted octanol–water partition coefficient (Wildman–Crippen LogP) is 1.36. The summed E-state index contributed by atoms with van der Waals surface area (Å²) in [4.78, 5) is 4.18. The van der Waals surface area contributed by atoms with Crippen LogP contribution in [0.25, 0.3) is 0 Å². The second kappa shape index (κ2) is 3.01. The molecule has 0 saturated heterocycles. The van der Waals surface area contributed by atoms with Crippen LogP contribution in [0.15, 0.2) is 24.4 Å². The van der Waals surface area contributed by atoms with Gasteiger partial charge in [0.2, 0.25) is 0 Å². The Hall–Kier alpha value is -0.890. The molecule has 2 nitrogen and oxygen atoms in total. The minimum atomic E-state index is -0.158. The monoisotopic (exact) mass is 150 g/mol. The van der Waals surface area contributed by atoms with Crippen LogP contribution in [-0.4, -0.2) is 10.5 Å². The van der Waals surface area contributed by atoms with Crippen LogP contribution >= 0.6 is 0 Å². The summed E-state index contributed by atoms with van der Waals surface area (Å²) in [6, 6.07) is 5.88. The van der Waals surface area contributed by atoms with Gasteiger partial charge < -0.3 is 5.73 Å².